The molecule has 2 heterocycles. The van der Waals surface area contributed by atoms with E-state index >= 15 is 0 Å². The highest BCUT2D eigenvalue weighted by molar-refractivity contribution is 7.89. The predicted octanol–water partition coefficient (Wildman–Crippen LogP) is 2.23. The molecular formula is C15H15NO4S. The van der Waals surface area contributed by atoms with E-state index in [1.807, 2.05) is 24.3 Å². The lowest BCUT2D eigenvalue weighted by Crippen LogP contribution is -2.30. The number of fused-ring (bicyclic) bond motifs is 1. The second-order valence-corrected chi connectivity index (χ2v) is 6.85. The zero-order valence-electron chi connectivity index (χ0n) is 11.4. The van der Waals surface area contributed by atoms with Crippen LogP contribution in [0.25, 0.3) is 0 Å². The van der Waals surface area contributed by atoms with E-state index in [0.717, 1.165) is 18.4 Å². The summed E-state index contributed by atoms with van der Waals surface area (Å²) >= 11 is 0. The van der Waals surface area contributed by atoms with Gasteiger partial charge in [-0.05, 0) is 36.1 Å². The van der Waals surface area contributed by atoms with Crippen LogP contribution in [0.4, 0.5) is 0 Å². The van der Waals surface area contributed by atoms with E-state index in [9.17, 15) is 13.2 Å². The summed E-state index contributed by atoms with van der Waals surface area (Å²) in [6.45, 7) is 0.768. The highest BCUT2D eigenvalue weighted by atomic mass is 32.2. The number of aldehydes is 1. The number of hydrogen-bond donors (Lipinski definition) is 0. The topological polar surface area (TPSA) is 67.6 Å². The minimum absolute atomic E-state index is 0.0174. The Hall–Kier alpha value is -1.92. The van der Waals surface area contributed by atoms with Crippen LogP contribution in [0, 0.1) is 0 Å². The van der Waals surface area contributed by atoms with Gasteiger partial charge in [-0.15, -0.1) is 0 Å². The van der Waals surface area contributed by atoms with Crippen molar-refractivity contribution in [2.24, 2.45) is 0 Å². The number of hydrogen-bond acceptors (Lipinski definition) is 4. The van der Waals surface area contributed by atoms with Gasteiger partial charge in [-0.2, -0.15) is 4.31 Å². The summed E-state index contributed by atoms with van der Waals surface area (Å²) in [4.78, 5) is 10.6. The summed E-state index contributed by atoms with van der Waals surface area (Å²) in [5, 5.41) is -0.177. The van der Waals surface area contributed by atoms with Gasteiger partial charge in [-0.3, -0.25) is 4.79 Å². The van der Waals surface area contributed by atoms with Crippen LogP contribution in [0.3, 0.4) is 0 Å². The summed E-state index contributed by atoms with van der Waals surface area (Å²) in [5.41, 5.74) is 2.20. The summed E-state index contributed by atoms with van der Waals surface area (Å²) in [6, 6.07) is 10.5. The number of nitrogens with zero attached hydrogens (tertiary/aromatic N) is 1. The zero-order chi connectivity index (χ0) is 14.9. The number of carbonyl (C=O) groups excluding carboxylic acids is 1. The summed E-state index contributed by atoms with van der Waals surface area (Å²) < 4.78 is 31.7. The van der Waals surface area contributed by atoms with Crippen molar-refractivity contribution in [2.75, 3.05) is 6.54 Å². The Morgan fingerprint density at radius 1 is 1.10 bits per heavy atom. The molecule has 0 amide bonds. The molecule has 1 aliphatic heterocycles. The molecule has 110 valence electrons. The number of furan rings is 1. The van der Waals surface area contributed by atoms with Gasteiger partial charge in [0.15, 0.2) is 12.0 Å². The van der Waals surface area contributed by atoms with Crippen molar-refractivity contribution in [1.29, 1.82) is 0 Å². The van der Waals surface area contributed by atoms with E-state index in [1.54, 1.807) is 0 Å². The number of benzene rings is 1. The first-order chi connectivity index (χ1) is 10.1. The molecule has 5 nitrogen and oxygen atoms in total. The maximum absolute atomic E-state index is 12.6. The Labute approximate surface area is 123 Å². The molecule has 0 fully saturated rings. The summed E-state index contributed by atoms with van der Waals surface area (Å²) in [5.74, 6) is 0.0174. The molecule has 2 aromatic rings. The first-order valence-corrected chi connectivity index (χ1v) is 8.17. The minimum atomic E-state index is -3.71. The van der Waals surface area contributed by atoms with Crippen molar-refractivity contribution in [1.82, 2.24) is 4.31 Å². The molecule has 3 rings (SSSR count). The normalized spacial score (nSPS) is 16.2. The fraction of sp³-hybridized carbons (Fsp3) is 0.267. The number of sulfonamides is 1. The first kappa shape index (κ1) is 14.0. The van der Waals surface area contributed by atoms with E-state index in [1.165, 1.54) is 22.0 Å². The third-order valence-corrected chi connectivity index (χ3v) is 5.35. The van der Waals surface area contributed by atoms with E-state index < -0.39 is 10.0 Å². The molecule has 1 aliphatic rings. The lowest BCUT2D eigenvalue weighted by Gasteiger charge is -2.18. The maximum atomic E-state index is 12.6. The molecule has 0 saturated heterocycles. The molecular weight excluding hydrogens is 290 g/mol. The van der Waals surface area contributed by atoms with Crippen molar-refractivity contribution < 1.29 is 17.6 Å². The van der Waals surface area contributed by atoms with Crippen LogP contribution in [0.1, 0.15) is 28.1 Å². The fourth-order valence-corrected chi connectivity index (χ4v) is 3.91. The Kier molecular flexibility index (Phi) is 3.65. The predicted molar refractivity (Wildman–Crippen MR) is 76.5 cm³/mol. The smallest absolute Gasteiger partial charge is 0.276 e. The molecule has 1 aromatic heterocycles. The van der Waals surface area contributed by atoms with Crippen LogP contribution in [-0.4, -0.2) is 25.6 Å². The van der Waals surface area contributed by atoms with E-state index in [4.69, 9.17) is 4.42 Å². The number of carbonyl (C=O) groups is 1. The van der Waals surface area contributed by atoms with Crippen molar-refractivity contribution in [3.05, 3.63) is 53.3 Å². The molecule has 1 aromatic carbocycles. The average Bonchev–Trinajstić information content (AvgIpc) is 2.87. The van der Waals surface area contributed by atoms with Gasteiger partial charge in [0.05, 0.1) is 0 Å². The molecule has 0 spiro atoms. The fourth-order valence-electron chi connectivity index (χ4n) is 2.54. The zero-order valence-corrected chi connectivity index (χ0v) is 12.2. The lowest BCUT2D eigenvalue weighted by atomic mass is 10.0. The quantitative estimate of drug-likeness (QED) is 0.816. The minimum Gasteiger partial charge on any atom is -0.440 e. The van der Waals surface area contributed by atoms with Gasteiger partial charge in [0.1, 0.15) is 0 Å². The van der Waals surface area contributed by atoms with E-state index in [-0.39, 0.29) is 10.9 Å². The molecule has 0 aliphatic carbocycles. The Bertz CT molecular complexity index is 763. The van der Waals surface area contributed by atoms with Crippen LogP contribution in [-0.2, 0) is 23.0 Å². The molecule has 0 radical (unpaired) electrons. The van der Waals surface area contributed by atoms with E-state index in [0.29, 0.717) is 19.4 Å². The SMILES string of the molecule is O=Cc1ccc(S(=O)(=O)N2CCCc3ccccc3C2)o1. The molecule has 0 N–H and O–H groups in total. The van der Waals surface area contributed by atoms with Gasteiger partial charge < -0.3 is 4.42 Å². The number of rotatable bonds is 3. The molecule has 21 heavy (non-hydrogen) atoms. The highest BCUT2D eigenvalue weighted by Gasteiger charge is 2.29. The van der Waals surface area contributed by atoms with Gasteiger partial charge in [0.2, 0.25) is 5.09 Å². The Morgan fingerprint density at radius 3 is 2.57 bits per heavy atom. The lowest BCUT2D eigenvalue weighted by molar-refractivity contribution is 0.109. The van der Waals surface area contributed by atoms with E-state index in [2.05, 4.69) is 0 Å². The molecule has 0 unspecified atom stereocenters. The second-order valence-electron chi connectivity index (χ2n) is 4.99. The highest BCUT2D eigenvalue weighted by Crippen LogP contribution is 2.25. The average molecular weight is 305 g/mol. The van der Waals surface area contributed by atoms with Gasteiger partial charge in [0, 0.05) is 13.1 Å². The molecule has 6 heteroatoms. The van der Waals surface area contributed by atoms with Crippen molar-refractivity contribution >= 4 is 16.3 Å². The third kappa shape index (κ3) is 2.64. The Balaban J connectivity index is 1.94. The van der Waals surface area contributed by atoms with Crippen molar-refractivity contribution in [3.8, 4) is 0 Å². The molecule has 0 atom stereocenters. The first-order valence-electron chi connectivity index (χ1n) is 6.73. The van der Waals surface area contributed by atoms with Crippen molar-refractivity contribution in [3.63, 3.8) is 0 Å². The van der Waals surface area contributed by atoms with Crippen LogP contribution < -0.4 is 0 Å². The summed E-state index contributed by atoms with van der Waals surface area (Å²) in [6.07, 6.45) is 2.12. The molecule has 0 bridgehead atoms. The van der Waals surface area contributed by atoms with Gasteiger partial charge >= 0.3 is 0 Å². The monoisotopic (exact) mass is 305 g/mol. The van der Waals surface area contributed by atoms with Crippen LogP contribution in [0.2, 0.25) is 0 Å². The van der Waals surface area contributed by atoms with Crippen LogP contribution in [0.5, 0.6) is 0 Å². The third-order valence-electron chi connectivity index (χ3n) is 3.63. The maximum Gasteiger partial charge on any atom is 0.276 e. The second kappa shape index (κ2) is 5.46. The number of aryl methyl sites for hydroxylation is 1. The van der Waals surface area contributed by atoms with Crippen LogP contribution in [0.15, 0.2) is 45.9 Å². The van der Waals surface area contributed by atoms with Crippen LogP contribution >= 0.6 is 0 Å². The van der Waals surface area contributed by atoms with Crippen molar-refractivity contribution in [2.45, 2.75) is 24.5 Å². The largest absolute Gasteiger partial charge is 0.440 e. The van der Waals surface area contributed by atoms with Gasteiger partial charge in [-0.1, -0.05) is 24.3 Å². The van der Waals surface area contributed by atoms with Gasteiger partial charge in [-0.25, -0.2) is 8.42 Å². The summed E-state index contributed by atoms with van der Waals surface area (Å²) in [7, 11) is -3.71. The molecule has 0 saturated carbocycles. The Morgan fingerprint density at radius 2 is 1.86 bits per heavy atom. The van der Waals surface area contributed by atoms with Gasteiger partial charge in [0.25, 0.3) is 10.0 Å². The standard InChI is InChI=1S/C15H15NO4S/c17-11-14-7-8-15(20-14)21(18,19)16-9-3-6-12-4-1-2-5-13(12)10-16/h1-2,4-5,7-8,11H,3,6,9-10H2.